The van der Waals surface area contributed by atoms with Crippen molar-refractivity contribution in [1.29, 1.82) is 0 Å². The predicted octanol–water partition coefficient (Wildman–Crippen LogP) is 1.64. The number of ether oxygens (including phenoxy) is 2. The Morgan fingerprint density at radius 1 is 0.920 bits per heavy atom. The van der Waals surface area contributed by atoms with Crippen LogP contribution in [0.3, 0.4) is 0 Å². The van der Waals surface area contributed by atoms with E-state index in [0.29, 0.717) is 31.7 Å². The molecule has 0 aromatic heterocycles. The van der Waals surface area contributed by atoms with E-state index < -0.39 is 6.03 Å². The fourth-order valence-electron chi connectivity index (χ4n) is 2.38. The first-order valence-electron chi connectivity index (χ1n) is 8.00. The van der Waals surface area contributed by atoms with Crippen molar-refractivity contribution in [3.05, 3.63) is 59.7 Å². The van der Waals surface area contributed by atoms with E-state index in [9.17, 15) is 9.59 Å². The van der Waals surface area contributed by atoms with Crippen LogP contribution >= 0.6 is 0 Å². The van der Waals surface area contributed by atoms with E-state index in [1.54, 1.807) is 24.3 Å². The molecule has 0 atom stereocenters. The van der Waals surface area contributed by atoms with Crippen LogP contribution in [0, 0.1) is 0 Å². The zero-order valence-corrected chi connectivity index (χ0v) is 13.6. The Bertz CT molecular complexity index is 749. The molecule has 7 nitrogen and oxygen atoms in total. The van der Waals surface area contributed by atoms with Gasteiger partial charge in [-0.05, 0) is 36.2 Å². The molecule has 0 fully saturated rings. The lowest BCUT2D eigenvalue weighted by atomic mass is 10.1. The second-order valence-corrected chi connectivity index (χ2v) is 5.43. The number of carbonyl (C=O) groups is 2. The van der Waals surface area contributed by atoms with Gasteiger partial charge >= 0.3 is 6.03 Å². The van der Waals surface area contributed by atoms with Gasteiger partial charge in [-0.3, -0.25) is 10.2 Å². The Hall–Kier alpha value is -3.22. The fourth-order valence-corrected chi connectivity index (χ4v) is 2.38. The summed E-state index contributed by atoms with van der Waals surface area (Å²) in [6.07, 6.45) is 0.636. The van der Waals surface area contributed by atoms with Gasteiger partial charge in [0.2, 0.25) is 0 Å². The number of hydrazine groups is 1. The molecule has 3 N–H and O–H groups in total. The third kappa shape index (κ3) is 4.63. The molecule has 2 aromatic rings. The van der Waals surface area contributed by atoms with E-state index in [0.717, 1.165) is 17.1 Å². The van der Waals surface area contributed by atoms with E-state index in [1.807, 2.05) is 24.3 Å². The highest BCUT2D eigenvalue weighted by molar-refractivity contribution is 5.95. The molecule has 0 radical (unpaired) electrons. The smallest absolute Gasteiger partial charge is 0.333 e. The van der Waals surface area contributed by atoms with Gasteiger partial charge in [0.15, 0.2) is 11.5 Å². The van der Waals surface area contributed by atoms with Crippen molar-refractivity contribution in [3.8, 4) is 11.5 Å². The summed E-state index contributed by atoms with van der Waals surface area (Å²) >= 11 is 0. The van der Waals surface area contributed by atoms with Gasteiger partial charge in [0.1, 0.15) is 13.2 Å². The molecule has 1 aliphatic heterocycles. The van der Waals surface area contributed by atoms with E-state index in [4.69, 9.17) is 9.47 Å². The number of hydrogen-bond donors (Lipinski definition) is 3. The van der Waals surface area contributed by atoms with Gasteiger partial charge < -0.3 is 14.8 Å². The van der Waals surface area contributed by atoms with Crippen LogP contribution in [-0.4, -0.2) is 31.7 Å². The topological polar surface area (TPSA) is 88.7 Å². The lowest BCUT2D eigenvalue weighted by molar-refractivity contribution is 0.0936. The molecule has 130 valence electrons. The summed E-state index contributed by atoms with van der Waals surface area (Å²) in [6, 6.07) is 13.9. The molecule has 3 rings (SSSR count). The molecule has 0 saturated heterocycles. The summed E-state index contributed by atoms with van der Waals surface area (Å²) in [5, 5.41) is 2.68. The second kappa shape index (κ2) is 8.05. The number of carbonyl (C=O) groups excluding carboxylic acids is 2. The third-order valence-electron chi connectivity index (χ3n) is 3.63. The monoisotopic (exact) mass is 341 g/mol. The molecule has 0 aliphatic carbocycles. The normalized spacial score (nSPS) is 12.2. The summed E-state index contributed by atoms with van der Waals surface area (Å²) in [5.74, 6) is 1.09. The van der Waals surface area contributed by atoms with Gasteiger partial charge in [-0.25, -0.2) is 10.2 Å². The Kier molecular flexibility index (Phi) is 5.36. The maximum absolute atomic E-state index is 11.8. The van der Waals surface area contributed by atoms with Gasteiger partial charge in [-0.1, -0.05) is 24.3 Å². The second-order valence-electron chi connectivity index (χ2n) is 5.43. The highest BCUT2D eigenvalue weighted by Gasteiger charge is 2.11. The van der Waals surface area contributed by atoms with Crippen molar-refractivity contribution in [1.82, 2.24) is 16.2 Å². The average Bonchev–Trinajstić information content (AvgIpc) is 2.66. The summed E-state index contributed by atoms with van der Waals surface area (Å²) in [7, 11) is 0. The van der Waals surface area contributed by atoms with E-state index in [-0.39, 0.29) is 5.91 Å². The highest BCUT2D eigenvalue weighted by Crippen LogP contribution is 2.30. The van der Waals surface area contributed by atoms with E-state index in [1.165, 1.54) is 0 Å². The molecule has 1 heterocycles. The van der Waals surface area contributed by atoms with Crippen LogP contribution in [0.2, 0.25) is 0 Å². The van der Waals surface area contributed by atoms with Crippen molar-refractivity contribution in [2.75, 3.05) is 19.8 Å². The molecule has 1 aliphatic rings. The van der Waals surface area contributed by atoms with E-state index >= 15 is 0 Å². The van der Waals surface area contributed by atoms with Crippen LogP contribution in [0.25, 0.3) is 0 Å². The minimum absolute atomic E-state index is 0.373. The number of benzene rings is 2. The quantitative estimate of drug-likeness (QED) is 0.738. The minimum Gasteiger partial charge on any atom is -0.486 e. The summed E-state index contributed by atoms with van der Waals surface area (Å²) in [6.45, 7) is 1.52. The van der Waals surface area contributed by atoms with Crippen LogP contribution in [0.15, 0.2) is 48.5 Å². The van der Waals surface area contributed by atoms with Crippen molar-refractivity contribution in [2.45, 2.75) is 6.42 Å². The molecule has 25 heavy (non-hydrogen) atoms. The first-order chi connectivity index (χ1) is 12.2. The Morgan fingerprint density at radius 3 is 2.48 bits per heavy atom. The van der Waals surface area contributed by atoms with Crippen LogP contribution in [-0.2, 0) is 6.42 Å². The molecule has 0 unspecified atom stereocenters. The third-order valence-corrected chi connectivity index (χ3v) is 3.63. The lowest BCUT2D eigenvalue weighted by Gasteiger charge is -2.18. The van der Waals surface area contributed by atoms with Gasteiger partial charge in [0, 0.05) is 12.1 Å². The summed E-state index contributed by atoms with van der Waals surface area (Å²) in [4.78, 5) is 23.5. The molecule has 0 bridgehead atoms. The van der Waals surface area contributed by atoms with Crippen LogP contribution in [0.1, 0.15) is 15.9 Å². The van der Waals surface area contributed by atoms with Crippen molar-refractivity contribution in [3.63, 3.8) is 0 Å². The molecule has 0 saturated carbocycles. The van der Waals surface area contributed by atoms with Crippen molar-refractivity contribution in [2.24, 2.45) is 0 Å². The fraction of sp³-hybridized carbons (Fsp3) is 0.222. The predicted molar refractivity (Wildman–Crippen MR) is 91.6 cm³/mol. The lowest BCUT2D eigenvalue weighted by Crippen LogP contribution is -2.47. The maximum Gasteiger partial charge on any atom is 0.333 e. The Morgan fingerprint density at radius 2 is 1.68 bits per heavy atom. The molecular weight excluding hydrogens is 322 g/mol. The zero-order chi connectivity index (χ0) is 17.5. The summed E-state index contributed by atoms with van der Waals surface area (Å²) in [5.41, 5.74) is 6.17. The standard InChI is InChI=1S/C18H19N3O4/c22-17(14-4-2-1-3-5-14)20-21-18(23)19-9-8-13-6-7-15-16(12-13)25-11-10-24-15/h1-7,12H,8-11H2,(H,20,22)(H2,19,21,23). The molecule has 3 amide bonds. The van der Waals surface area contributed by atoms with Gasteiger partial charge in [-0.15, -0.1) is 0 Å². The first kappa shape index (κ1) is 16.6. The first-order valence-corrected chi connectivity index (χ1v) is 8.00. The maximum atomic E-state index is 11.8. The molecule has 2 aromatic carbocycles. The van der Waals surface area contributed by atoms with E-state index in [2.05, 4.69) is 16.2 Å². The number of rotatable bonds is 4. The minimum atomic E-state index is -0.471. The zero-order valence-electron chi connectivity index (χ0n) is 13.6. The summed E-state index contributed by atoms with van der Waals surface area (Å²) < 4.78 is 11.0. The van der Waals surface area contributed by atoms with Crippen LogP contribution in [0.5, 0.6) is 11.5 Å². The molecular formula is C18H19N3O4. The van der Waals surface area contributed by atoms with Crippen molar-refractivity contribution >= 4 is 11.9 Å². The Balaban J connectivity index is 1.40. The van der Waals surface area contributed by atoms with Gasteiger partial charge in [0.25, 0.3) is 5.91 Å². The number of nitrogens with one attached hydrogen (secondary N) is 3. The average molecular weight is 341 g/mol. The van der Waals surface area contributed by atoms with Crippen LogP contribution < -0.4 is 25.6 Å². The number of fused-ring (bicyclic) bond motifs is 1. The van der Waals surface area contributed by atoms with Crippen molar-refractivity contribution < 1.29 is 19.1 Å². The number of urea groups is 1. The molecule has 7 heteroatoms. The number of amides is 3. The van der Waals surface area contributed by atoms with Gasteiger partial charge in [0.05, 0.1) is 0 Å². The number of hydrogen-bond acceptors (Lipinski definition) is 4. The SMILES string of the molecule is O=C(NCCc1ccc2c(c1)OCCO2)NNC(=O)c1ccccc1. The Labute approximate surface area is 145 Å². The highest BCUT2D eigenvalue weighted by atomic mass is 16.6. The van der Waals surface area contributed by atoms with Gasteiger partial charge in [-0.2, -0.15) is 0 Å². The molecule has 0 spiro atoms. The largest absolute Gasteiger partial charge is 0.486 e. The van der Waals surface area contributed by atoms with Crippen LogP contribution in [0.4, 0.5) is 4.79 Å².